The lowest BCUT2D eigenvalue weighted by Crippen LogP contribution is -2.49. The van der Waals surface area contributed by atoms with Gasteiger partial charge in [-0.05, 0) is 24.0 Å². The van der Waals surface area contributed by atoms with Gasteiger partial charge in [0.2, 0.25) is 5.91 Å². The fourth-order valence-corrected chi connectivity index (χ4v) is 2.83. The van der Waals surface area contributed by atoms with Crippen molar-refractivity contribution in [3.05, 3.63) is 34.9 Å². The minimum Gasteiger partial charge on any atom is -0.332 e. The quantitative estimate of drug-likeness (QED) is 0.929. The van der Waals surface area contributed by atoms with Crippen LogP contribution in [0.1, 0.15) is 11.6 Å². The molecule has 0 aromatic heterocycles. The second-order valence-corrected chi connectivity index (χ2v) is 5.60. The van der Waals surface area contributed by atoms with Crippen molar-refractivity contribution in [3.63, 3.8) is 0 Å². The zero-order chi connectivity index (χ0) is 13.0. The summed E-state index contributed by atoms with van der Waals surface area (Å²) in [5, 5.41) is 4.05. The van der Waals surface area contributed by atoms with Gasteiger partial charge in [0.15, 0.2) is 0 Å². The Bertz CT molecular complexity index is 431. The Labute approximate surface area is 129 Å². The molecule has 1 unspecified atom stereocenters. The van der Waals surface area contributed by atoms with Gasteiger partial charge in [-0.1, -0.05) is 23.7 Å². The van der Waals surface area contributed by atoms with E-state index in [-0.39, 0.29) is 24.4 Å². The van der Waals surface area contributed by atoms with E-state index >= 15 is 0 Å². The molecule has 1 saturated heterocycles. The van der Waals surface area contributed by atoms with Gasteiger partial charge in [0.1, 0.15) is 0 Å². The van der Waals surface area contributed by atoms with Crippen LogP contribution in [0.25, 0.3) is 0 Å². The number of carbonyl (C=O) groups is 1. The van der Waals surface area contributed by atoms with Gasteiger partial charge in [-0.15, -0.1) is 12.4 Å². The van der Waals surface area contributed by atoms with Crippen molar-refractivity contribution < 1.29 is 4.79 Å². The first-order valence-corrected chi connectivity index (χ1v) is 7.74. The number of carbonyl (C=O) groups excluding carboxylic acids is 1. The van der Waals surface area contributed by atoms with Gasteiger partial charge in [-0.25, -0.2) is 0 Å². The Morgan fingerprint density at radius 2 is 2.37 bits per heavy atom. The molecule has 1 aromatic carbocycles. The van der Waals surface area contributed by atoms with Gasteiger partial charge < -0.3 is 10.2 Å². The second kappa shape index (κ2) is 8.00. The molecule has 1 fully saturated rings. The minimum atomic E-state index is 0. The summed E-state index contributed by atoms with van der Waals surface area (Å²) < 4.78 is 0. The van der Waals surface area contributed by atoms with E-state index in [0.717, 1.165) is 30.2 Å². The predicted octanol–water partition coefficient (Wildman–Crippen LogP) is 2.60. The highest BCUT2D eigenvalue weighted by Gasteiger charge is 2.27. The summed E-state index contributed by atoms with van der Waals surface area (Å²) in [5.74, 6) is 0.742. The van der Waals surface area contributed by atoms with Crippen LogP contribution in [-0.2, 0) is 4.79 Å². The highest BCUT2D eigenvalue weighted by atomic mass is 35.5. The maximum absolute atomic E-state index is 12.1. The summed E-state index contributed by atoms with van der Waals surface area (Å²) in [6, 6.07) is 7.86. The number of hydrogen-bond donors (Lipinski definition) is 1. The van der Waals surface area contributed by atoms with E-state index in [0.29, 0.717) is 5.75 Å². The zero-order valence-electron chi connectivity index (χ0n) is 10.8. The number of nitrogens with one attached hydrogen (secondary N) is 1. The number of piperazine rings is 1. The number of benzene rings is 1. The molecule has 0 radical (unpaired) electrons. The summed E-state index contributed by atoms with van der Waals surface area (Å²) >= 11 is 7.59. The van der Waals surface area contributed by atoms with Gasteiger partial charge >= 0.3 is 0 Å². The maximum atomic E-state index is 12.1. The molecule has 0 aliphatic carbocycles. The van der Waals surface area contributed by atoms with Crippen LogP contribution in [0.2, 0.25) is 5.02 Å². The van der Waals surface area contributed by atoms with Gasteiger partial charge in [0, 0.05) is 24.7 Å². The third-order valence-corrected chi connectivity index (χ3v) is 3.84. The maximum Gasteiger partial charge on any atom is 0.233 e. The molecule has 19 heavy (non-hydrogen) atoms. The van der Waals surface area contributed by atoms with E-state index < -0.39 is 0 Å². The third-order valence-electron chi connectivity index (χ3n) is 3.06. The predicted molar refractivity (Wildman–Crippen MR) is 84.4 cm³/mol. The van der Waals surface area contributed by atoms with Crippen LogP contribution in [0.3, 0.4) is 0 Å². The van der Waals surface area contributed by atoms with Crippen LogP contribution in [0.5, 0.6) is 0 Å². The molecule has 106 valence electrons. The first-order valence-electron chi connectivity index (χ1n) is 5.97. The summed E-state index contributed by atoms with van der Waals surface area (Å²) in [7, 11) is 0. The molecule has 0 bridgehead atoms. The van der Waals surface area contributed by atoms with Crippen LogP contribution in [0.15, 0.2) is 24.3 Å². The lowest BCUT2D eigenvalue weighted by atomic mass is 10.0. The number of nitrogens with zero attached hydrogens (tertiary/aromatic N) is 1. The molecule has 0 spiro atoms. The third kappa shape index (κ3) is 4.28. The topological polar surface area (TPSA) is 32.3 Å². The SMILES string of the molecule is CSCC(=O)N1CCNCC1c1cccc(Cl)c1.Cl. The molecule has 6 heteroatoms. The van der Waals surface area contributed by atoms with Gasteiger partial charge in [-0.3, -0.25) is 4.79 Å². The monoisotopic (exact) mass is 320 g/mol. The van der Waals surface area contributed by atoms with E-state index in [1.54, 1.807) is 11.8 Å². The lowest BCUT2D eigenvalue weighted by molar-refractivity contribution is -0.131. The Kier molecular flexibility index (Phi) is 7.00. The summed E-state index contributed by atoms with van der Waals surface area (Å²) in [4.78, 5) is 14.1. The Balaban J connectivity index is 0.00000180. The second-order valence-electron chi connectivity index (χ2n) is 4.30. The van der Waals surface area contributed by atoms with Crippen LogP contribution in [0, 0.1) is 0 Å². The Hall–Kier alpha value is -0.420. The normalized spacial score (nSPS) is 18.8. The number of rotatable bonds is 3. The van der Waals surface area contributed by atoms with Crippen LogP contribution >= 0.6 is 35.8 Å². The zero-order valence-corrected chi connectivity index (χ0v) is 13.2. The molecule has 1 atom stereocenters. The molecule has 0 saturated carbocycles. The van der Waals surface area contributed by atoms with Crippen molar-refractivity contribution in [1.29, 1.82) is 0 Å². The van der Waals surface area contributed by atoms with Crippen LogP contribution < -0.4 is 5.32 Å². The first kappa shape index (κ1) is 16.6. The van der Waals surface area contributed by atoms with E-state index in [4.69, 9.17) is 11.6 Å². The summed E-state index contributed by atoms with van der Waals surface area (Å²) in [5.41, 5.74) is 1.10. The Morgan fingerprint density at radius 3 is 3.05 bits per heavy atom. The van der Waals surface area contributed by atoms with Crippen molar-refractivity contribution in [2.45, 2.75) is 6.04 Å². The van der Waals surface area contributed by atoms with Crippen molar-refractivity contribution in [2.24, 2.45) is 0 Å². The molecule has 1 aromatic rings. The van der Waals surface area contributed by atoms with Gasteiger partial charge in [0.25, 0.3) is 0 Å². The highest BCUT2D eigenvalue weighted by molar-refractivity contribution is 7.99. The Morgan fingerprint density at radius 1 is 1.58 bits per heavy atom. The van der Waals surface area contributed by atoms with Crippen LogP contribution in [-0.4, -0.2) is 42.4 Å². The average molecular weight is 321 g/mol. The standard InChI is InChI=1S/C13H17ClN2OS.ClH/c1-18-9-13(17)16-6-5-15-8-12(16)10-3-2-4-11(14)7-10;/h2-4,7,12,15H,5-6,8-9H2,1H3;1H. The van der Waals surface area contributed by atoms with Gasteiger partial charge in [-0.2, -0.15) is 11.8 Å². The number of thioether (sulfide) groups is 1. The molecular weight excluding hydrogens is 303 g/mol. The molecule has 3 nitrogen and oxygen atoms in total. The van der Waals surface area contributed by atoms with Crippen LogP contribution in [0.4, 0.5) is 0 Å². The fraction of sp³-hybridized carbons (Fsp3) is 0.462. The first-order chi connectivity index (χ1) is 8.72. The smallest absolute Gasteiger partial charge is 0.233 e. The van der Waals surface area contributed by atoms with E-state index in [1.807, 2.05) is 35.4 Å². The van der Waals surface area contributed by atoms with Crippen molar-refractivity contribution >= 4 is 41.7 Å². The largest absolute Gasteiger partial charge is 0.332 e. The summed E-state index contributed by atoms with van der Waals surface area (Å²) in [6.45, 7) is 2.41. The van der Waals surface area contributed by atoms with Crippen molar-refractivity contribution in [3.8, 4) is 0 Å². The molecule has 1 N–H and O–H groups in total. The molecule has 2 rings (SSSR count). The fourth-order valence-electron chi connectivity index (χ4n) is 2.22. The minimum absolute atomic E-state index is 0. The number of halogens is 2. The molecule has 1 aliphatic heterocycles. The van der Waals surface area contributed by atoms with Gasteiger partial charge in [0.05, 0.1) is 11.8 Å². The van der Waals surface area contributed by atoms with E-state index in [1.165, 1.54) is 0 Å². The molecular formula is C13H18Cl2N2OS. The number of amides is 1. The average Bonchev–Trinajstić information content (AvgIpc) is 2.39. The highest BCUT2D eigenvalue weighted by Crippen LogP contribution is 2.25. The van der Waals surface area contributed by atoms with Crippen molar-refractivity contribution in [1.82, 2.24) is 10.2 Å². The van der Waals surface area contributed by atoms with Crippen molar-refractivity contribution in [2.75, 3.05) is 31.6 Å². The molecule has 1 aliphatic rings. The van der Waals surface area contributed by atoms with E-state index in [9.17, 15) is 4.79 Å². The summed E-state index contributed by atoms with van der Waals surface area (Å²) in [6.07, 6.45) is 1.95. The molecule has 1 amide bonds. The number of hydrogen-bond acceptors (Lipinski definition) is 3. The lowest BCUT2D eigenvalue weighted by Gasteiger charge is -2.36. The van der Waals surface area contributed by atoms with E-state index in [2.05, 4.69) is 5.32 Å². The molecule has 1 heterocycles.